The molecule has 0 radical (unpaired) electrons. The summed E-state index contributed by atoms with van der Waals surface area (Å²) >= 11 is 3.61. The molecule has 6 heteroatoms. The van der Waals surface area contributed by atoms with Crippen molar-refractivity contribution in [1.29, 1.82) is 0 Å². The van der Waals surface area contributed by atoms with E-state index >= 15 is 0 Å². The third-order valence-corrected chi connectivity index (χ3v) is 6.68. The number of ether oxygens (including phenoxy) is 1. The van der Waals surface area contributed by atoms with E-state index in [1.165, 1.54) is 18.7 Å². The van der Waals surface area contributed by atoms with Gasteiger partial charge in [-0.1, -0.05) is 33.7 Å². The van der Waals surface area contributed by atoms with Gasteiger partial charge < -0.3 is 4.74 Å². The minimum Gasteiger partial charge on any atom is -0.465 e. The van der Waals surface area contributed by atoms with Crippen LogP contribution in [0.4, 0.5) is 4.39 Å². The zero-order chi connectivity index (χ0) is 22.7. The van der Waals surface area contributed by atoms with Crippen LogP contribution in [0.2, 0.25) is 0 Å². The van der Waals surface area contributed by atoms with E-state index in [-0.39, 0.29) is 17.4 Å². The zero-order valence-electron chi connectivity index (χ0n) is 18.6. The highest BCUT2D eigenvalue weighted by Crippen LogP contribution is 2.31. The summed E-state index contributed by atoms with van der Waals surface area (Å²) in [7, 11) is 1.30. The second kappa shape index (κ2) is 9.88. The fourth-order valence-corrected chi connectivity index (χ4v) is 4.53. The van der Waals surface area contributed by atoms with Crippen molar-refractivity contribution in [2.24, 2.45) is 0 Å². The van der Waals surface area contributed by atoms with E-state index in [9.17, 15) is 9.18 Å². The number of hydrogen-bond donors (Lipinski definition) is 0. The number of esters is 1. The molecule has 0 spiro atoms. The third kappa shape index (κ3) is 5.13. The van der Waals surface area contributed by atoms with E-state index in [1.807, 2.05) is 19.9 Å². The van der Waals surface area contributed by atoms with E-state index < -0.39 is 5.97 Å². The zero-order valence-corrected chi connectivity index (χ0v) is 20.2. The smallest absolute Gasteiger partial charge is 0.337 e. The molecule has 0 amide bonds. The molecule has 2 aromatic rings. The maximum absolute atomic E-state index is 14.8. The van der Waals surface area contributed by atoms with Crippen molar-refractivity contribution in [3.63, 3.8) is 0 Å². The molecule has 164 valence electrons. The van der Waals surface area contributed by atoms with E-state index in [1.54, 1.807) is 12.3 Å². The first-order chi connectivity index (χ1) is 14.7. The number of aryl methyl sites for hydroxylation is 2. The molecule has 1 atom stereocenters. The second-order valence-corrected chi connectivity index (χ2v) is 8.83. The van der Waals surface area contributed by atoms with Gasteiger partial charge >= 0.3 is 5.97 Å². The maximum Gasteiger partial charge on any atom is 0.337 e. The van der Waals surface area contributed by atoms with Gasteiger partial charge in [0.1, 0.15) is 5.82 Å². The van der Waals surface area contributed by atoms with Crippen molar-refractivity contribution in [3.8, 4) is 0 Å². The molecular formula is C25H28BrFN2O2. The molecule has 2 heterocycles. The van der Waals surface area contributed by atoms with Crippen LogP contribution in [-0.2, 0) is 4.74 Å². The van der Waals surface area contributed by atoms with Crippen LogP contribution in [-0.4, -0.2) is 42.1 Å². The summed E-state index contributed by atoms with van der Waals surface area (Å²) in [4.78, 5) is 18.5. The minimum absolute atomic E-state index is 0.241. The number of nitrogens with zero attached hydrogens (tertiary/aromatic N) is 2. The van der Waals surface area contributed by atoms with Gasteiger partial charge in [0, 0.05) is 46.6 Å². The first kappa shape index (κ1) is 23.4. The van der Waals surface area contributed by atoms with Gasteiger partial charge in [0.25, 0.3) is 0 Å². The van der Waals surface area contributed by atoms with Gasteiger partial charge in [-0.3, -0.25) is 9.88 Å². The number of carbonyl (C=O) groups is 1. The molecule has 1 aromatic heterocycles. The summed E-state index contributed by atoms with van der Waals surface area (Å²) in [6.07, 6.45) is 6.83. The Hall–Kier alpha value is -2.31. The van der Waals surface area contributed by atoms with Crippen LogP contribution < -0.4 is 0 Å². The molecule has 0 N–H and O–H groups in total. The molecule has 0 bridgehead atoms. The summed E-state index contributed by atoms with van der Waals surface area (Å²) < 4.78 is 20.6. The first-order valence-corrected chi connectivity index (χ1v) is 11.1. The van der Waals surface area contributed by atoms with Gasteiger partial charge in [-0.2, -0.15) is 0 Å². The fraction of sp³-hybridized carbons (Fsp3) is 0.360. The summed E-state index contributed by atoms with van der Waals surface area (Å²) in [6.45, 7) is 9.75. The summed E-state index contributed by atoms with van der Waals surface area (Å²) in [6, 6.07) is 5.16. The quantitative estimate of drug-likeness (QED) is 0.488. The Bertz CT molecular complexity index is 1020. The number of pyridine rings is 1. The Labute approximate surface area is 192 Å². The van der Waals surface area contributed by atoms with Crippen LogP contribution in [0.3, 0.4) is 0 Å². The van der Waals surface area contributed by atoms with Crippen molar-refractivity contribution < 1.29 is 13.9 Å². The summed E-state index contributed by atoms with van der Waals surface area (Å²) in [5.74, 6) is -0.898. The number of rotatable bonds is 5. The third-order valence-electron chi connectivity index (χ3n) is 5.99. The highest BCUT2D eigenvalue weighted by atomic mass is 79.9. The van der Waals surface area contributed by atoms with Gasteiger partial charge in [0.05, 0.1) is 12.7 Å². The molecule has 1 unspecified atom stereocenters. The van der Waals surface area contributed by atoms with Crippen molar-refractivity contribution in [2.45, 2.75) is 40.2 Å². The van der Waals surface area contributed by atoms with Crippen molar-refractivity contribution in [3.05, 3.63) is 74.3 Å². The van der Waals surface area contributed by atoms with Crippen LogP contribution in [0.1, 0.15) is 53.0 Å². The lowest BCUT2D eigenvalue weighted by Crippen LogP contribution is -2.37. The predicted octanol–water partition coefficient (Wildman–Crippen LogP) is 5.97. The number of halogens is 2. The molecule has 1 aliphatic heterocycles. The number of aromatic nitrogens is 1. The van der Waals surface area contributed by atoms with E-state index in [0.29, 0.717) is 5.56 Å². The predicted molar refractivity (Wildman–Crippen MR) is 126 cm³/mol. The Kier molecular flexibility index (Phi) is 7.44. The molecule has 1 aliphatic rings. The van der Waals surface area contributed by atoms with Crippen LogP contribution in [0.5, 0.6) is 0 Å². The van der Waals surface area contributed by atoms with Gasteiger partial charge in [0.15, 0.2) is 0 Å². The lowest BCUT2D eigenvalue weighted by atomic mass is 9.92. The summed E-state index contributed by atoms with van der Waals surface area (Å²) in [5.41, 5.74) is 5.92. The second-order valence-electron chi connectivity index (χ2n) is 7.97. The van der Waals surface area contributed by atoms with E-state index in [0.717, 1.165) is 46.4 Å². The average molecular weight is 487 g/mol. The molecular weight excluding hydrogens is 459 g/mol. The molecule has 0 fully saturated rings. The largest absolute Gasteiger partial charge is 0.465 e. The fourth-order valence-electron chi connectivity index (χ4n) is 4.01. The Morgan fingerprint density at radius 1 is 1.35 bits per heavy atom. The molecule has 0 saturated carbocycles. The number of hydrogen-bond acceptors (Lipinski definition) is 4. The van der Waals surface area contributed by atoms with E-state index in [4.69, 9.17) is 4.74 Å². The lowest BCUT2D eigenvalue weighted by molar-refractivity contribution is 0.0600. The summed E-state index contributed by atoms with van der Waals surface area (Å²) in [5, 5.41) is 0. The number of methoxy groups -OCH3 is 1. The van der Waals surface area contributed by atoms with Gasteiger partial charge in [-0.15, -0.1) is 0 Å². The average Bonchev–Trinajstić information content (AvgIpc) is 2.75. The molecule has 3 rings (SSSR count). The molecule has 1 aromatic carbocycles. The Morgan fingerprint density at radius 3 is 2.68 bits per heavy atom. The normalized spacial score (nSPS) is 16.1. The first-order valence-electron chi connectivity index (χ1n) is 10.3. The van der Waals surface area contributed by atoms with Gasteiger partial charge in [-0.05, 0) is 63.5 Å². The van der Waals surface area contributed by atoms with Gasteiger partial charge in [0.2, 0.25) is 0 Å². The standard InChI is InChI=1S/C25H28BrFN2O2/c1-15(13-21-17(3)28-9-6-22(21)26)18(4)29-10-7-19(8-11-29)24-16(2)12-20(14-23(24)27)25(30)31-5/h6-7,9,12-14,18H,8,10-11H2,1-5H3/b15-13+. The van der Waals surface area contributed by atoms with Crippen molar-refractivity contribution >= 4 is 33.5 Å². The molecule has 4 nitrogen and oxygen atoms in total. The highest BCUT2D eigenvalue weighted by Gasteiger charge is 2.22. The van der Waals surface area contributed by atoms with Crippen LogP contribution in [0.15, 0.2) is 40.5 Å². The van der Waals surface area contributed by atoms with Crippen LogP contribution in [0, 0.1) is 19.7 Å². The minimum atomic E-state index is -0.524. The van der Waals surface area contributed by atoms with Crippen LogP contribution in [0.25, 0.3) is 11.6 Å². The number of carbonyl (C=O) groups excluding carboxylic acids is 1. The van der Waals surface area contributed by atoms with Crippen molar-refractivity contribution in [1.82, 2.24) is 9.88 Å². The molecule has 0 saturated heterocycles. The van der Waals surface area contributed by atoms with Gasteiger partial charge in [-0.25, -0.2) is 9.18 Å². The number of benzene rings is 1. The highest BCUT2D eigenvalue weighted by molar-refractivity contribution is 9.10. The van der Waals surface area contributed by atoms with Crippen molar-refractivity contribution in [2.75, 3.05) is 20.2 Å². The molecule has 0 aliphatic carbocycles. The monoisotopic (exact) mass is 486 g/mol. The van der Waals surface area contributed by atoms with E-state index in [2.05, 4.69) is 51.8 Å². The lowest BCUT2D eigenvalue weighted by Gasteiger charge is -2.33. The Balaban J connectivity index is 1.78. The maximum atomic E-state index is 14.8. The SMILES string of the molecule is COC(=O)c1cc(C)c(C2=CCN(C(C)/C(C)=C/c3c(Br)ccnc3C)CC2)c(F)c1. The Morgan fingerprint density at radius 2 is 2.10 bits per heavy atom. The molecule has 31 heavy (non-hydrogen) atoms. The van der Waals surface area contributed by atoms with Crippen LogP contribution >= 0.6 is 15.9 Å². The topological polar surface area (TPSA) is 42.4 Å².